The molecule has 0 saturated carbocycles. The maximum Gasteiger partial charge on any atom is 0.116 e. The van der Waals surface area contributed by atoms with E-state index >= 15 is 0 Å². The van der Waals surface area contributed by atoms with Crippen molar-refractivity contribution in [1.29, 1.82) is 0 Å². The van der Waals surface area contributed by atoms with Gasteiger partial charge in [0, 0.05) is 24.5 Å². The van der Waals surface area contributed by atoms with Crippen molar-refractivity contribution >= 4 is 0 Å². The van der Waals surface area contributed by atoms with Gasteiger partial charge in [0.05, 0.1) is 12.7 Å². The van der Waals surface area contributed by atoms with E-state index in [2.05, 4.69) is 20.3 Å². The zero-order valence-corrected chi connectivity index (χ0v) is 7.54. The second kappa shape index (κ2) is 3.93. The summed E-state index contributed by atoms with van der Waals surface area (Å²) in [5, 5.41) is 7.90. The molecule has 0 aliphatic heterocycles. The van der Waals surface area contributed by atoms with E-state index in [9.17, 15) is 0 Å². The number of hydrogen-bond acceptors (Lipinski definition) is 5. The highest BCUT2D eigenvalue weighted by molar-refractivity contribution is 5.54. The van der Waals surface area contributed by atoms with Gasteiger partial charge < -0.3 is 5.73 Å². The zero-order valence-electron chi connectivity index (χ0n) is 7.54. The molecule has 0 aliphatic carbocycles. The lowest BCUT2D eigenvalue weighted by Crippen LogP contribution is -2.10. The third kappa shape index (κ3) is 1.74. The molecule has 0 amide bonds. The molecule has 0 unspecified atom stereocenters. The average molecular weight is 190 g/mol. The monoisotopic (exact) mass is 190 g/mol. The lowest BCUT2D eigenvalue weighted by atomic mass is 10.3. The van der Waals surface area contributed by atoms with Crippen LogP contribution in [0.1, 0.15) is 0 Å². The van der Waals surface area contributed by atoms with E-state index in [0.717, 1.165) is 11.3 Å². The van der Waals surface area contributed by atoms with E-state index in [4.69, 9.17) is 5.73 Å². The predicted molar refractivity (Wildman–Crippen MR) is 50.1 cm³/mol. The number of nitrogens with two attached hydrogens (primary N) is 1. The Balaban J connectivity index is 2.25. The Hall–Kier alpha value is -1.82. The summed E-state index contributed by atoms with van der Waals surface area (Å²) in [7, 11) is 0. The summed E-state index contributed by atoms with van der Waals surface area (Å²) in [6.45, 7) is 1.22. The van der Waals surface area contributed by atoms with Gasteiger partial charge >= 0.3 is 0 Å². The fourth-order valence-corrected chi connectivity index (χ4v) is 1.10. The molecule has 0 radical (unpaired) electrons. The second-order valence-electron chi connectivity index (χ2n) is 2.78. The fraction of sp³-hybridized carbons (Fsp3) is 0.250. The topological polar surface area (TPSA) is 82.5 Å². The van der Waals surface area contributed by atoms with E-state index in [1.807, 2.05) is 6.20 Å². The van der Waals surface area contributed by atoms with Crippen LogP contribution >= 0.6 is 0 Å². The summed E-state index contributed by atoms with van der Waals surface area (Å²) >= 11 is 0. The Labute approximate surface area is 80.8 Å². The summed E-state index contributed by atoms with van der Waals surface area (Å²) in [6, 6.07) is 0. The van der Waals surface area contributed by atoms with Crippen LogP contribution in [0.15, 0.2) is 24.9 Å². The Kier molecular flexibility index (Phi) is 2.46. The average Bonchev–Trinajstić information content (AvgIpc) is 2.68. The van der Waals surface area contributed by atoms with E-state index in [1.54, 1.807) is 17.1 Å². The number of aromatic nitrogens is 5. The van der Waals surface area contributed by atoms with Crippen molar-refractivity contribution in [3.05, 3.63) is 24.9 Å². The van der Waals surface area contributed by atoms with Crippen molar-refractivity contribution in [2.24, 2.45) is 5.73 Å². The van der Waals surface area contributed by atoms with Gasteiger partial charge in [-0.25, -0.2) is 9.97 Å². The first-order chi connectivity index (χ1) is 6.90. The van der Waals surface area contributed by atoms with Gasteiger partial charge in [-0.05, 0) is 0 Å². The van der Waals surface area contributed by atoms with Gasteiger partial charge in [0.2, 0.25) is 0 Å². The molecular formula is C8H10N6. The van der Waals surface area contributed by atoms with Crippen LogP contribution < -0.4 is 5.73 Å². The third-order valence-corrected chi connectivity index (χ3v) is 1.75. The van der Waals surface area contributed by atoms with Crippen LogP contribution in [0.2, 0.25) is 0 Å². The highest BCUT2D eigenvalue weighted by Gasteiger charge is 2.02. The molecular weight excluding hydrogens is 180 g/mol. The Morgan fingerprint density at radius 3 is 2.79 bits per heavy atom. The largest absolute Gasteiger partial charge is 0.329 e. The first-order valence-electron chi connectivity index (χ1n) is 4.26. The molecule has 6 nitrogen and oxygen atoms in total. The van der Waals surface area contributed by atoms with E-state index < -0.39 is 0 Å². The van der Waals surface area contributed by atoms with Crippen molar-refractivity contribution in [2.75, 3.05) is 6.54 Å². The number of nitrogens with zero attached hydrogens (tertiary/aromatic N) is 5. The Bertz CT molecular complexity index is 395. The van der Waals surface area contributed by atoms with Crippen LogP contribution in [0.25, 0.3) is 11.3 Å². The number of hydrogen-bond donors (Lipinski definition) is 1. The van der Waals surface area contributed by atoms with Crippen molar-refractivity contribution in [2.45, 2.75) is 6.54 Å². The van der Waals surface area contributed by atoms with E-state index in [0.29, 0.717) is 13.1 Å². The van der Waals surface area contributed by atoms with Crippen molar-refractivity contribution < 1.29 is 0 Å². The summed E-state index contributed by atoms with van der Waals surface area (Å²) in [4.78, 5) is 7.81. The van der Waals surface area contributed by atoms with Crippen LogP contribution in [0.5, 0.6) is 0 Å². The van der Waals surface area contributed by atoms with Crippen LogP contribution in [0, 0.1) is 0 Å². The van der Waals surface area contributed by atoms with Crippen LogP contribution in [-0.4, -0.2) is 31.5 Å². The lowest BCUT2D eigenvalue weighted by Gasteiger charge is -1.93. The van der Waals surface area contributed by atoms with Gasteiger partial charge in [-0.15, -0.1) is 5.10 Å². The predicted octanol–water partition coefficient (Wildman–Crippen LogP) is -0.306. The summed E-state index contributed by atoms with van der Waals surface area (Å²) in [5.41, 5.74) is 7.02. The molecule has 14 heavy (non-hydrogen) atoms. The van der Waals surface area contributed by atoms with Crippen molar-refractivity contribution in [1.82, 2.24) is 25.0 Å². The molecule has 2 aromatic heterocycles. The minimum atomic E-state index is 0.550. The molecule has 6 heteroatoms. The van der Waals surface area contributed by atoms with Crippen LogP contribution in [0.4, 0.5) is 0 Å². The quantitative estimate of drug-likeness (QED) is 0.718. The van der Waals surface area contributed by atoms with Crippen molar-refractivity contribution in [3.63, 3.8) is 0 Å². The van der Waals surface area contributed by atoms with Gasteiger partial charge in [0.25, 0.3) is 0 Å². The molecule has 2 heterocycles. The molecule has 0 spiro atoms. The van der Waals surface area contributed by atoms with E-state index in [1.165, 1.54) is 6.33 Å². The first-order valence-corrected chi connectivity index (χ1v) is 4.26. The van der Waals surface area contributed by atoms with Gasteiger partial charge in [0.1, 0.15) is 12.0 Å². The first kappa shape index (κ1) is 8.76. The second-order valence-corrected chi connectivity index (χ2v) is 2.78. The van der Waals surface area contributed by atoms with Gasteiger partial charge in [-0.3, -0.25) is 4.68 Å². The lowest BCUT2D eigenvalue weighted by molar-refractivity contribution is 0.598. The van der Waals surface area contributed by atoms with Gasteiger partial charge in [-0.1, -0.05) is 5.21 Å². The molecule has 0 bridgehead atoms. The molecule has 2 aromatic rings. The maximum absolute atomic E-state index is 5.40. The molecule has 0 aliphatic rings. The highest BCUT2D eigenvalue weighted by atomic mass is 15.4. The van der Waals surface area contributed by atoms with Gasteiger partial charge in [-0.2, -0.15) is 0 Å². The zero-order chi connectivity index (χ0) is 9.80. The smallest absolute Gasteiger partial charge is 0.116 e. The molecule has 0 fully saturated rings. The molecule has 0 aromatic carbocycles. The third-order valence-electron chi connectivity index (χ3n) is 1.75. The van der Waals surface area contributed by atoms with Crippen LogP contribution in [0.3, 0.4) is 0 Å². The highest BCUT2D eigenvalue weighted by Crippen LogP contribution is 2.11. The standard InChI is InChI=1S/C8H10N6/c9-1-2-14-5-8(12-13-14)7-3-10-6-11-4-7/h3-6H,1-2,9H2. The van der Waals surface area contributed by atoms with Crippen molar-refractivity contribution in [3.8, 4) is 11.3 Å². The molecule has 2 rings (SSSR count). The summed E-state index contributed by atoms with van der Waals surface area (Å²) < 4.78 is 1.70. The molecule has 72 valence electrons. The van der Waals surface area contributed by atoms with E-state index in [-0.39, 0.29) is 0 Å². The fourth-order valence-electron chi connectivity index (χ4n) is 1.10. The van der Waals surface area contributed by atoms with Gasteiger partial charge in [0.15, 0.2) is 0 Å². The minimum Gasteiger partial charge on any atom is -0.329 e. The minimum absolute atomic E-state index is 0.550. The summed E-state index contributed by atoms with van der Waals surface area (Å²) in [5.74, 6) is 0. The molecule has 0 saturated heterocycles. The maximum atomic E-state index is 5.40. The summed E-state index contributed by atoms with van der Waals surface area (Å²) in [6.07, 6.45) is 6.70. The SMILES string of the molecule is NCCn1cc(-c2cncnc2)nn1. The normalized spacial score (nSPS) is 10.4. The molecule has 2 N–H and O–H groups in total. The number of rotatable bonds is 3. The Morgan fingerprint density at radius 2 is 2.07 bits per heavy atom. The molecule has 0 atom stereocenters. The Morgan fingerprint density at radius 1 is 1.29 bits per heavy atom. The van der Waals surface area contributed by atoms with Crippen LogP contribution in [-0.2, 0) is 6.54 Å².